The van der Waals surface area contributed by atoms with Crippen LogP contribution in [0.4, 0.5) is 0 Å². The van der Waals surface area contributed by atoms with E-state index in [0.717, 1.165) is 18.1 Å². The van der Waals surface area contributed by atoms with Crippen LogP contribution >= 0.6 is 24.0 Å². The minimum atomic E-state index is 0. The van der Waals surface area contributed by atoms with Crippen molar-refractivity contribution in [1.29, 1.82) is 0 Å². The van der Waals surface area contributed by atoms with Crippen LogP contribution in [-0.4, -0.2) is 23.5 Å². The van der Waals surface area contributed by atoms with Crippen molar-refractivity contribution in [3.63, 3.8) is 0 Å². The van der Waals surface area contributed by atoms with Gasteiger partial charge in [-0.25, -0.2) is 0 Å². The largest absolute Gasteiger partial charge is 0.327 e. The average Bonchev–Trinajstić information content (AvgIpc) is 2.29. The standard InChI is InChI=1S/C14H21ClN2.ClH/c1-11(16)14-7-2-3-8-17(14)10-12-5-4-6-13(15)9-12;/h4-6,9,11,14H,2-3,7-8,10,16H2,1H3;1H. The summed E-state index contributed by atoms with van der Waals surface area (Å²) in [6, 6.07) is 8.89. The van der Waals surface area contributed by atoms with Gasteiger partial charge in [-0.2, -0.15) is 0 Å². The summed E-state index contributed by atoms with van der Waals surface area (Å²) in [6.07, 6.45) is 3.81. The lowest BCUT2D eigenvalue weighted by atomic mass is 9.96. The summed E-state index contributed by atoms with van der Waals surface area (Å²) in [4.78, 5) is 2.50. The molecule has 1 heterocycles. The molecule has 1 saturated heterocycles. The van der Waals surface area contributed by atoms with Gasteiger partial charge in [-0.3, -0.25) is 4.90 Å². The molecule has 2 nitrogen and oxygen atoms in total. The number of nitrogens with zero attached hydrogens (tertiary/aromatic N) is 1. The number of benzene rings is 1. The second-order valence-corrected chi connectivity index (χ2v) is 5.46. The minimum absolute atomic E-state index is 0. The molecule has 0 radical (unpaired) electrons. The van der Waals surface area contributed by atoms with E-state index >= 15 is 0 Å². The van der Waals surface area contributed by atoms with E-state index in [9.17, 15) is 0 Å². The van der Waals surface area contributed by atoms with E-state index in [1.165, 1.54) is 24.8 Å². The van der Waals surface area contributed by atoms with Crippen molar-refractivity contribution >= 4 is 24.0 Å². The van der Waals surface area contributed by atoms with Gasteiger partial charge < -0.3 is 5.73 Å². The summed E-state index contributed by atoms with van der Waals surface area (Å²) in [5.74, 6) is 0. The predicted octanol–water partition coefficient (Wildman–Crippen LogP) is 3.46. The van der Waals surface area contributed by atoms with Crippen LogP contribution in [0.3, 0.4) is 0 Å². The first kappa shape index (κ1) is 15.8. The van der Waals surface area contributed by atoms with Crippen LogP contribution in [0.25, 0.3) is 0 Å². The first-order valence-corrected chi connectivity index (χ1v) is 6.78. The highest BCUT2D eigenvalue weighted by Gasteiger charge is 2.25. The zero-order chi connectivity index (χ0) is 12.3. The molecule has 1 aromatic rings. The van der Waals surface area contributed by atoms with Crippen LogP contribution in [0.1, 0.15) is 31.7 Å². The molecule has 0 saturated carbocycles. The van der Waals surface area contributed by atoms with Crippen molar-refractivity contribution in [3.05, 3.63) is 34.9 Å². The summed E-state index contributed by atoms with van der Waals surface area (Å²) in [7, 11) is 0. The summed E-state index contributed by atoms with van der Waals surface area (Å²) >= 11 is 6.02. The van der Waals surface area contributed by atoms with E-state index in [1.54, 1.807) is 0 Å². The van der Waals surface area contributed by atoms with Gasteiger partial charge in [-0.05, 0) is 44.0 Å². The van der Waals surface area contributed by atoms with Crippen molar-refractivity contribution in [2.24, 2.45) is 5.73 Å². The van der Waals surface area contributed by atoms with Gasteiger partial charge in [0, 0.05) is 23.7 Å². The van der Waals surface area contributed by atoms with E-state index < -0.39 is 0 Å². The molecule has 2 unspecified atom stereocenters. The van der Waals surface area contributed by atoms with Crippen molar-refractivity contribution < 1.29 is 0 Å². The zero-order valence-electron chi connectivity index (χ0n) is 10.8. The third-order valence-corrected chi connectivity index (χ3v) is 3.78. The summed E-state index contributed by atoms with van der Waals surface area (Å²) in [6.45, 7) is 4.23. The molecule has 1 fully saturated rings. The number of halogens is 2. The van der Waals surface area contributed by atoms with Gasteiger partial charge in [0.1, 0.15) is 0 Å². The lowest BCUT2D eigenvalue weighted by Gasteiger charge is -2.38. The molecule has 0 aromatic heterocycles. The quantitative estimate of drug-likeness (QED) is 0.923. The van der Waals surface area contributed by atoms with Crippen LogP contribution < -0.4 is 5.73 Å². The Morgan fingerprint density at radius 3 is 2.89 bits per heavy atom. The fourth-order valence-corrected chi connectivity index (χ4v) is 2.89. The van der Waals surface area contributed by atoms with Crippen LogP contribution in [0.15, 0.2) is 24.3 Å². The van der Waals surface area contributed by atoms with Gasteiger partial charge >= 0.3 is 0 Å². The normalized spacial score (nSPS) is 22.3. The SMILES string of the molecule is CC(N)C1CCCCN1Cc1cccc(Cl)c1.Cl. The second-order valence-electron chi connectivity index (χ2n) is 5.02. The minimum Gasteiger partial charge on any atom is -0.327 e. The number of nitrogens with two attached hydrogens (primary N) is 1. The molecule has 0 aliphatic carbocycles. The summed E-state index contributed by atoms with van der Waals surface area (Å²) < 4.78 is 0. The molecule has 0 amide bonds. The van der Waals surface area contributed by atoms with Crippen LogP contribution in [0.5, 0.6) is 0 Å². The average molecular weight is 289 g/mol. The van der Waals surface area contributed by atoms with E-state index in [2.05, 4.69) is 24.0 Å². The van der Waals surface area contributed by atoms with Gasteiger partial charge in [0.05, 0.1) is 0 Å². The van der Waals surface area contributed by atoms with Crippen LogP contribution in [0, 0.1) is 0 Å². The first-order chi connectivity index (χ1) is 8.16. The Hall–Kier alpha value is -0.280. The first-order valence-electron chi connectivity index (χ1n) is 6.41. The molecule has 102 valence electrons. The van der Waals surface area contributed by atoms with Gasteiger partial charge in [0.25, 0.3) is 0 Å². The number of likely N-dealkylation sites (tertiary alicyclic amines) is 1. The van der Waals surface area contributed by atoms with Crippen molar-refractivity contribution in [2.45, 2.75) is 44.8 Å². The molecule has 1 aliphatic heterocycles. The van der Waals surface area contributed by atoms with Gasteiger partial charge in [-0.1, -0.05) is 30.2 Å². The monoisotopic (exact) mass is 288 g/mol. The van der Waals surface area contributed by atoms with Gasteiger partial charge in [-0.15, -0.1) is 12.4 Å². The second kappa shape index (κ2) is 7.34. The molecular weight excluding hydrogens is 267 g/mol. The van der Waals surface area contributed by atoms with E-state index in [0.29, 0.717) is 6.04 Å². The fraction of sp³-hybridized carbons (Fsp3) is 0.571. The van der Waals surface area contributed by atoms with E-state index in [1.807, 2.05) is 12.1 Å². The molecule has 2 atom stereocenters. The fourth-order valence-electron chi connectivity index (χ4n) is 2.68. The number of rotatable bonds is 3. The molecule has 2 rings (SSSR count). The lowest BCUT2D eigenvalue weighted by molar-refractivity contribution is 0.123. The van der Waals surface area contributed by atoms with E-state index in [4.69, 9.17) is 17.3 Å². The summed E-state index contributed by atoms with van der Waals surface area (Å²) in [5, 5.41) is 0.817. The molecule has 0 bridgehead atoms. The maximum Gasteiger partial charge on any atom is 0.0409 e. The Labute approximate surface area is 121 Å². The van der Waals surface area contributed by atoms with Crippen LogP contribution in [-0.2, 0) is 6.54 Å². The van der Waals surface area contributed by atoms with Crippen molar-refractivity contribution in [1.82, 2.24) is 4.90 Å². The van der Waals surface area contributed by atoms with Gasteiger partial charge in [0.15, 0.2) is 0 Å². The highest BCUT2D eigenvalue weighted by atomic mass is 35.5. The molecule has 0 spiro atoms. The maximum atomic E-state index is 6.07. The maximum absolute atomic E-state index is 6.07. The number of hydrogen-bond acceptors (Lipinski definition) is 2. The van der Waals surface area contributed by atoms with Crippen LogP contribution in [0.2, 0.25) is 5.02 Å². The highest BCUT2D eigenvalue weighted by molar-refractivity contribution is 6.30. The Morgan fingerprint density at radius 2 is 2.22 bits per heavy atom. The van der Waals surface area contributed by atoms with Gasteiger partial charge in [0.2, 0.25) is 0 Å². The van der Waals surface area contributed by atoms with Crippen molar-refractivity contribution in [3.8, 4) is 0 Å². The Morgan fingerprint density at radius 1 is 1.44 bits per heavy atom. The molecule has 2 N–H and O–H groups in total. The Bertz CT molecular complexity index is 369. The Balaban J connectivity index is 0.00000162. The summed E-state index contributed by atoms with van der Waals surface area (Å²) in [5.41, 5.74) is 7.36. The zero-order valence-corrected chi connectivity index (χ0v) is 12.4. The molecule has 18 heavy (non-hydrogen) atoms. The topological polar surface area (TPSA) is 29.3 Å². The molecule has 1 aromatic carbocycles. The smallest absolute Gasteiger partial charge is 0.0409 e. The van der Waals surface area contributed by atoms with Crippen molar-refractivity contribution in [2.75, 3.05) is 6.54 Å². The molecule has 4 heteroatoms. The third-order valence-electron chi connectivity index (χ3n) is 3.55. The number of piperidine rings is 1. The Kier molecular flexibility index (Phi) is 6.44. The predicted molar refractivity (Wildman–Crippen MR) is 80.4 cm³/mol. The highest BCUT2D eigenvalue weighted by Crippen LogP contribution is 2.22. The lowest BCUT2D eigenvalue weighted by Crippen LogP contribution is -2.48. The third kappa shape index (κ3) is 4.13. The number of hydrogen-bond donors (Lipinski definition) is 1. The molecule has 1 aliphatic rings. The molecular formula is C14H22Cl2N2. The van der Waals surface area contributed by atoms with E-state index in [-0.39, 0.29) is 18.4 Å².